The highest BCUT2D eigenvalue weighted by atomic mass is 32.2. The summed E-state index contributed by atoms with van der Waals surface area (Å²) in [4.78, 5) is 36.9. The number of nitrogens with two attached hydrogens (primary N) is 1. The van der Waals surface area contributed by atoms with Gasteiger partial charge in [0.2, 0.25) is 12.2 Å². The Morgan fingerprint density at radius 3 is 2.44 bits per heavy atom. The first-order chi connectivity index (χ1) is 11.5. The lowest BCUT2D eigenvalue weighted by Gasteiger charge is -2.42. The summed E-state index contributed by atoms with van der Waals surface area (Å²) in [6, 6.07) is -1.34. The molecule has 0 aliphatic carbocycles. The molecule has 0 radical (unpaired) electrons. The Labute approximate surface area is 145 Å². The molecule has 0 aromatic carbocycles. The van der Waals surface area contributed by atoms with Crippen LogP contribution in [0, 0.1) is 5.92 Å². The van der Waals surface area contributed by atoms with Gasteiger partial charge in [0.15, 0.2) is 9.84 Å². The van der Waals surface area contributed by atoms with Crippen LogP contribution in [0.3, 0.4) is 0 Å². The van der Waals surface area contributed by atoms with Crippen LogP contribution >= 0.6 is 0 Å². The lowest BCUT2D eigenvalue weighted by Crippen LogP contribution is -2.65. The fourth-order valence-electron chi connectivity index (χ4n) is 3.15. The van der Waals surface area contributed by atoms with Crippen LogP contribution in [0.2, 0.25) is 0 Å². The largest absolute Gasteiger partial charge is 0.511 e. The number of carbonyl (C=O) groups is 3. The van der Waals surface area contributed by atoms with Crippen molar-refractivity contribution >= 4 is 27.9 Å². The van der Waals surface area contributed by atoms with Gasteiger partial charge in [-0.3, -0.25) is 4.79 Å². The summed E-state index contributed by atoms with van der Waals surface area (Å²) in [5, 5.41) is -1.14. The summed E-state index contributed by atoms with van der Waals surface area (Å²) in [6.07, 6.45) is -2.33. The molecule has 0 aromatic heterocycles. The first kappa shape index (κ1) is 19.4. The van der Waals surface area contributed by atoms with E-state index in [4.69, 9.17) is 15.2 Å². The third-order valence-corrected chi connectivity index (χ3v) is 7.34. The molecule has 0 aromatic rings. The summed E-state index contributed by atoms with van der Waals surface area (Å²) < 4.78 is 38.1. The van der Waals surface area contributed by atoms with Crippen molar-refractivity contribution in [3.8, 4) is 0 Å². The van der Waals surface area contributed by atoms with Crippen LogP contribution in [-0.2, 0) is 33.6 Å². The van der Waals surface area contributed by atoms with Crippen molar-refractivity contribution in [3.05, 3.63) is 0 Å². The molecule has 10 nitrogen and oxygen atoms in total. The van der Waals surface area contributed by atoms with Gasteiger partial charge in [-0.25, -0.2) is 18.0 Å². The quantitative estimate of drug-likeness (QED) is 0.376. The van der Waals surface area contributed by atoms with Crippen molar-refractivity contribution in [1.29, 1.82) is 0 Å². The molecule has 4 atom stereocenters. The minimum Gasteiger partial charge on any atom is -0.435 e. The highest BCUT2D eigenvalue weighted by Gasteiger charge is 2.72. The zero-order valence-corrected chi connectivity index (χ0v) is 15.2. The molecule has 25 heavy (non-hydrogen) atoms. The Morgan fingerprint density at radius 1 is 1.32 bits per heavy atom. The van der Waals surface area contributed by atoms with Crippen molar-refractivity contribution in [3.63, 3.8) is 0 Å². The summed E-state index contributed by atoms with van der Waals surface area (Å²) >= 11 is 0. The first-order valence-corrected chi connectivity index (χ1v) is 9.34. The predicted octanol–water partition coefficient (Wildman–Crippen LogP) is -0.632. The van der Waals surface area contributed by atoms with Crippen LogP contribution in [-0.4, -0.2) is 67.0 Å². The Hall–Kier alpha value is -1.88. The van der Waals surface area contributed by atoms with Gasteiger partial charge in [0.25, 0.3) is 0 Å². The molecule has 2 aliphatic heterocycles. The van der Waals surface area contributed by atoms with E-state index in [2.05, 4.69) is 4.74 Å². The van der Waals surface area contributed by atoms with E-state index in [1.54, 1.807) is 6.92 Å². The van der Waals surface area contributed by atoms with Crippen molar-refractivity contribution < 1.29 is 37.0 Å². The maximum Gasteiger partial charge on any atom is 0.511 e. The van der Waals surface area contributed by atoms with Crippen LogP contribution in [0.4, 0.5) is 4.79 Å². The molecule has 2 heterocycles. The number of ether oxygens (including phenoxy) is 3. The van der Waals surface area contributed by atoms with E-state index in [1.807, 2.05) is 0 Å². The Kier molecular flexibility index (Phi) is 5.01. The lowest BCUT2D eigenvalue weighted by atomic mass is 9.92. The van der Waals surface area contributed by atoms with Crippen molar-refractivity contribution in [2.75, 3.05) is 13.2 Å². The number of amides is 1. The molecule has 1 unspecified atom stereocenters. The molecule has 2 saturated heterocycles. The molecular formula is C14H22N2O8S. The highest BCUT2D eigenvalue weighted by Crippen LogP contribution is 2.48. The summed E-state index contributed by atoms with van der Waals surface area (Å²) in [7, 11) is -3.83. The van der Waals surface area contributed by atoms with E-state index in [-0.39, 0.29) is 13.2 Å². The lowest BCUT2D eigenvalue weighted by molar-refractivity contribution is -0.181. The monoisotopic (exact) mass is 378 g/mol. The van der Waals surface area contributed by atoms with Crippen LogP contribution in [0.25, 0.3) is 0 Å². The van der Waals surface area contributed by atoms with Gasteiger partial charge in [-0.2, -0.15) is 0 Å². The van der Waals surface area contributed by atoms with Gasteiger partial charge < -0.3 is 24.8 Å². The molecule has 2 N–H and O–H groups in total. The molecule has 0 bridgehead atoms. The average Bonchev–Trinajstić information content (AvgIpc) is 2.62. The fourth-order valence-corrected chi connectivity index (χ4v) is 5.47. The molecule has 0 spiro atoms. The summed E-state index contributed by atoms with van der Waals surface area (Å²) in [5.74, 6) is -2.35. The number of hydrogen-bond donors (Lipinski definition) is 1. The van der Waals surface area contributed by atoms with E-state index in [0.29, 0.717) is 0 Å². The second-order valence-corrected chi connectivity index (χ2v) is 8.96. The zero-order valence-electron chi connectivity index (χ0n) is 14.4. The van der Waals surface area contributed by atoms with Crippen LogP contribution < -0.4 is 5.73 Å². The van der Waals surface area contributed by atoms with Gasteiger partial charge in [0.1, 0.15) is 11.4 Å². The van der Waals surface area contributed by atoms with Crippen LogP contribution in [0.15, 0.2) is 0 Å². The van der Waals surface area contributed by atoms with Crippen molar-refractivity contribution in [2.24, 2.45) is 11.7 Å². The second kappa shape index (κ2) is 6.45. The number of rotatable bonds is 5. The van der Waals surface area contributed by atoms with Gasteiger partial charge in [-0.05, 0) is 20.8 Å². The van der Waals surface area contributed by atoms with Gasteiger partial charge in [-0.1, -0.05) is 0 Å². The minimum absolute atomic E-state index is 0.0812. The SMILES string of the molecule is CCOC(=O)OC(C)OC(=O)[C@@H]1N2C(=O)[C@H](CN)[C@H]2S(=O)(=O)C1(C)C. The van der Waals surface area contributed by atoms with Gasteiger partial charge in [0, 0.05) is 13.5 Å². The van der Waals surface area contributed by atoms with Crippen molar-refractivity contribution in [2.45, 2.75) is 50.1 Å². The molecular weight excluding hydrogens is 356 g/mol. The number of esters is 1. The molecule has 2 rings (SSSR count). The molecule has 2 fully saturated rings. The molecule has 2 aliphatic rings. The number of sulfone groups is 1. The number of nitrogens with zero attached hydrogens (tertiary/aromatic N) is 1. The van der Waals surface area contributed by atoms with Crippen LogP contribution in [0.5, 0.6) is 0 Å². The molecule has 1 amide bonds. The normalized spacial score (nSPS) is 30.0. The number of hydrogen-bond acceptors (Lipinski definition) is 9. The molecule has 0 saturated carbocycles. The van der Waals surface area contributed by atoms with Crippen molar-refractivity contribution in [1.82, 2.24) is 4.90 Å². The number of β-lactam (4-membered cyclic amide) rings is 1. The van der Waals surface area contributed by atoms with Gasteiger partial charge in [0.05, 0.1) is 17.3 Å². The minimum atomic E-state index is -3.83. The summed E-state index contributed by atoms with van der Waals surface area (Å²) in [6.45, 7) is 5.52. The Morgan fingerprint density at radius 2 is 1.92 bits per heavy atom. The van der Waals surface area contributed by atoms with E-state index in [0.717, 1.165) is 4.90 Å². The predicted molar refractivity (Wildman–Crippen MR) is 83.6 cm³/mol. The Balaban J connectivity index is 2.19. The standard InChI is InChI=1S/C14H22N2O8S/c1-5-22-13(19)24-7(2)23-12(18)9-14(3,4)25(20,21)11-8(6-15)10(17)16(9)11/h7-9,11H,5-6,15H2,1-4H3/t7?,8-,9-,11+/m0/s1. The van der Waals surface area contributed by atoms with E-state index in [1.165, 1.54) is 20.8 Å². The van der Waals surface area contributed by atoms with E-state index >= 15 is 0 Å². The maximum absolute atomic E-state index is 12.7. The first-order valence-electron chi connectivity index (χ1n) is 7.80. The fraction of sp³-hybridized carbons (Fsp3) is 0.786. The third kappa shape index (κ3) is 2.84. The number of fused-ring (bicyclic) bond motifs is 1. The Bertz CT molecular complexity index is 689. The van der Waals surface area contributed by atoms with E-state index in [9.17, 15) is 22.8 Å². The molecule has 142 valence electrons. The smallest absolute Gasteiger partial charge is 0.435 e. The van der Waals surface area contributed by atoms with Gasteiger partial charge in [-0.15, -0.1) is 0 Å². The van der Waals surface area contributed by atoms with Crippen LogP contribution in [0.1, 0.15) is 27.7 Å². The number of carbonyl (C=O) groups excluding carboxylic acids is 3. The topological polar surface area (TPSA) is 142 Å². The highest BCUT2D eigenvalue weighted by molar-refractivity contribution is 7.93. The third-order valence-electron chi connectivity index (χ3n) is 4.46. The van der Waals surface area contributed by atoms with E-state index < -0.39 is 56.2 Å². The second-order valence-electron chi connectivity index (χ2n) is 6.33. The zero-order chi connectivity index (χ0) is 19.2. The average molecular weight is 378 g/mol. The molecule has 11 heteroatoms. The van der Waals surface area contributed by atoms with Gasteiger partial charge >= 0.3 is 12.1 Å². The summed E-state index contributed by atoms with van der Waals surface area (Å²) in [5.41, 5.74) is 5.48. The maximum atomic E-state index is 12.7.